The van der Waals surface area contributed by atoms with Crippen molar-refractivity contribution in [2.45, 2.75) is 25.7 Å². The number of hydrogen-bond acceptors (Lipinski definition) is 1. The number of hydrogen-bond donors (Lipinski definition) is 1. The molecule has 1 N–H and O–H groups in total. The molecular weight excluding hydrogens is 194 g/mol. The molecule has 0 aromatic rings. The van der Waals surface area contributed by atoms with Crippen LogP contribution in [0.15, 0.2) is 12.2 Å². The van der Waals surface area contributed by atoms with Crippen LogP contribution < -0.4 is 5.32 Å². The van der Waals surface area contributed by atoms with Crippen molar-refractivity contribution in [1.82, 2.24) is 5.32 Å². The zero-order valence-corrected chi connectivity index (χ0v) is 9.47. The first kappa shape index (κ1) is 10.5. The fourth-order valence-electron chi connectivity index (χ4n) is 2.25. The van der Waals surface area contributed by atoms with Crippen molar-refractivity contribution in [3.63, 3.8) is 0 Å². The first-order valence-electron chi connectivity index (χ1n) is 5.83. The maximum absolute atomic E-state index is 5.55. The average Bonchev–Trinajstić information content (AvgIpc) is 3.03. The summed E-state index contributed by atoms with van der Waals surface area (Å²) >= 11 is 5.55. The highest BCUT2D eigenvalue weighted by Gasteiger charge is 2.40. The minimum absolute atomic E-state index is 0.635. The van der Waals surface area contributed by atoms with Crippen LogP contribution in [0.25, 0.3) is 0 Å². The van der Waals surface area contributed by atoms with Gasteiger partial charge in [0.1, 0.15) is 0 Å². The number of alkyl halides is 1. The predicted octanol–water partition coefficient (Wildman–Crippen LogP) is 2.81. The van der Waals surface area contributed by atoms with Crippen LogP contribution in [0.5, 0.6) is 0 Å². The number of halogens is 1. The molecule has 0 aromatic carbocycles. The number of allylic oxidation sites excluding steroid dienone is 1. The van der Waals surface area contributed by atoms with E-state index in [1.165, 1.54) is 32.2 Å². The van der Waals surface area contributed by atoms with Crippen molar-refractivity contribution in [2.75, 3.05) is 19.0 Å². The van der Waals surface area contributed by atoms with Crippen LogP contribution in [0.2, 0.25) is 0 Å². The van der Waals surface area contributed by atoms with E-state index in [9.17, 15) is 0 Å². The van der Waals surface area contributed by atoms with Crippen LogP contribution in [0.1, 0.15) is 25.7 Å². The van der Waals surface area contributed by atoms with E-state index in [2.05, 4.69) is 11.4 Å². The van der Waals surface area contributed by atoms with Gasteiger partial charge in [-0.2, -0.15) is 0 Å². The molecular formula is C12H20ClN. The van der Waals surface area contributed by atoms with Crippen LogP contribution in [0.3, 0.4) is 0 Å². The molecule has 0 saturated heterocycles. The Labute approximate surface area is 91.9 Å². The number of rotatable bonds is 7. The second-order valence-electron chi connectivity index (χ2n) is 4.62. The molecule has 0 spiro atoms. The Kier molecular flexibility index (Phi) is 3.89. The molecule has 2 fully saturated rings. The standard InChI is InChI=1S/C12H20ClN/c13-7-1-2-8-14-9-12(10-3-4-10)11-5-6-11/h1-2,10-12,14H,3-9H2/b2-1+. The molecule has 0 radical (unpaired) electrons. The van der Waals surface area contributed by atoms with E-state index < -0.39 is 0 Å². The molecule has 14 heavy (non-hydrogen) atoms. The van der Waals surface area contributed by atoms with E-state index in [1.807, 2.05) is 6.08 Å². The van der Waals surface area contributed by atoms with Crippen molar-refractivity contribution in [1.29, 1.82) is 0 Å². The third-order valence-electron chi connectivity index (χ3n) is 3.35. The minimum Gasteiger partial charge on any atom is -0.313 e. The van der Waals surface area contributed by atoms with Crippen molar-refractivity contribution in [3.05, 3.63) is 12.2 Å². The molecule has 1 nitrogen and oxygen atoms in total. The molecule has 2 heteroatoms. The Morgan fingerprint density at radius 1 is 1.14 bits per heavy atom. The largest absolute Gasteiger partial charge is 0.313 e. The second-order valence-corrected chi connectivity index (χ2v) is 4.93. The SMILES string of the molecule is ClC/C=C/CNCC(C1CC1)C1CC1. The molecule has 2 saturated carbocycles. The lowest BCUT2D eigenvalue weighted by molar-refractivity contribution is 0.386. The van der Waals surface area contributed by atoms with E-state index in [0.717, 1.165) is 24.3 Å². The third kappa shape index (κ3) is 3.29. The molecule has 0 unspecified atom stereocenters. The second kappa shape index (κ2) is 5.18. The highest BCUT2D eigenvalue weighted by molar-refractivity contribution is 6.18. The average molecular weight is 214 g/mol. The Morgan fingerprint density at radius 2 is 1.79 bits per heavy atom. The highest BCUT2D eigenvalue weighted by Crippen LogP contribution is 2.48. The van der Waals surface area contributed by atoms with Crippen molar-refractivity contribution >= 4 is 11.6 Å². The predicted molar refractivity (Wildman–Crippen MR) is 61.7 cm³/mol. The van der Waals surface area contributed by atoms with E-state index >= 15 is 0 Å². The zero-order chi connectivity index (χ0) is 9.80. The van der Waals surface area contributed by atoms with E-state index in [-0.39, 0.29) is 0 Å². The lowest BCUT2D eigenvalue weighted by Crippen LogP contribution is -2.25. The lowest BCUT2D eigenvalue weighted by atomic mass is 9.98. The molecule has 2 aliphatic rings. The summed E-state index contributed by atoms with van der Waals surface area (Å²) in [5.74, 6) is 3.74. The van der Waals surface area contributed by atoms with E-state index in [4.69, 9.17) is 11.6 Å². The van der Waals surface area contributed by atoms with Gasteiger partial charge in [-0.15, -0.1) is 11.6 Å². The molecule has 2 aliphatic carbocycles. The molecule has 2 rings (SSSR count). The fraction of sp³-hybridized carbons (Fsp3) is 0.833. The summed E-state index contributed by atoms with van der Waals surface area (Å²) in [4.78, 5) is 0. The molecule has 0 bridgehead atoms. The molecule has 0 atom stereocenters. The van der Waals surface area contributed by atoms with Gasteiger partial charge in [-0.1, -0.05) is 12.2 Å². The van der Waals surface area contributed by atoms with Crippen molar-refractivity contribution in [3.8, 4) is 0 Å². The quantitative estimate of drug-likeness (QED) is 0.390. The topological polar surface area (TPSA) is 12.0 Å². The Hall–Kier alpha value is -0.0100. The monoisotopic (exact) mass is 213 g/mol. The van der Waals surface area contributed by atoms with Crippen LogP contribution in [-0.4, -0.2) is 19.0 Å². The van der Waals surface area contributed by atoms with E-state index in [0.29, 0.717) is 5.88 Å². The highest BCUT2D eigenvalue weighted by atomic mass is 35.5. The Balaban J connectivity index is 1.59. The molecule has 0 heterocycles. The molecule has 0 amide bonds. The summed E-state index contributed by atoms with van der Waals surface area (Å²) in [6.45, 7) is 2.21. The summed E-state index contributed by atoms with van der Waals surface area (Å²) in [5.41, 5.74) is 0. The van der Waals surface area contributed by atoms with Crippen LogP contribution in [-0.2, 0) is 0 Å². The van der Waals surface area contributed by atoms with Gasteiger partial charge in [0.2, 0.25) is 0 Å². The smallest absolute Gasteiger partial charge is 0.0404 e. The normalized spacial score (nSPS) is 22.4. The van der Waals surface area contributed by atoms with Gasteiger partial charge in [0.05, 0.1) is 0 Å². The maximum atomic E-state index is 5.55. The summed E-state index contributed by atoms with van der Waals surface area (Å²) in [7, 11) is 0. The van der Waals surface area contributed by atoms with Gasteiger partial charge in [0.25, 0.3) is 0 Å². The summed E-state index contributed by atoms with van der Waals surface area (Å²) in [6, 6.07) is 0. The Bertz CT molecular complexity index is 182. The van der Waals surface area contributed by atoms with E-state index in [1.54, 1.807) is 0 Å². The first-order valence-corrected chi connectivity index (χ1v) is 6.37. The fourth-order valence-corrected chi connectivity index (χ4v) is 2.37. The van der Waals surface area contributed by atoms with Crippen LogP contribution in [0.4, 0.5) is 0 Å². The molecule has 0 aliphatic heterocycles. The van der Waals surface area contributed by atoms with Gasteiger partial charge in [-0.05, 0) is 50.0 Å². The third-order valence-corrected chi connectivity index (χ3v) is 3.53. The van der Waals surface area contributed by atoms with Gasteiger partial charge >= 0.3 is 0 Å². The maximum Gasteiger partial charge on any atom is 0.0404 e. The molecule has 80 valence electrons. The Morgan fingerprint density at radius 3 is 2.29 bits per heavy atom. The lowest BCUT2D eigenvalue weighted by Gasteiger charge is -2.15. The van der Waals surface area contributed by atoms with Crippen LogP contribution >= 0.6 is 11.6 Å². The van der Waals surface area contributed by atoms with Crippen molar-refractivity contribution in [2.24, 2.45) is 17.8 Å². The van der Waals surface area contributed by atoms with Gasteiger partial charge in [-0.3, -0.25) is 0 Å². The summed E-state index contributed by atoms with van der Waals surface area (Å²) in [6.07, 6.45) is 10.1. The minimum atomic E-state index is 0.635. The van der Waals surface area contributed by atoms with Crippen molar-refractivity contribution < 1.29 is 0 Å². The summed E-state index contributed by atoms with van der Waals surface area (Å²) in [5, 5.41) is 3.52. The molecule has 0 aromatic heterocycles. The van der Waals surface area contributed by atoms with Crippen LogP contribution in [0, 0.1) is 17.8 Å². The van der Waals surface area contributed by atoms with Gasteiger partial charge in [0.15, 0.2) is 0 Å². The van der Waals surface area contributed by atoms with Gasteiger partial charge < -0.3 is 5.32 Å². The van der Waals surface area contributed by atoms with Gasteiger partial charge in [0, 0.05) is 12.4 Å². The number of nitrogens with one attached hydrogen (secondary N) is 1. The van der Waals surface area contributed by atoms with Gasteiger partial charge in [-0.25, -0.2) is 0 Å². The first-order chi connectivity index (χ1) is 6.92. The summed E-state index contributed by atoms with van der Waals surface area (Å²) < 4.78 is 0. The zero-order valence-electron chi connectivity index (χ0n) is 8.71.